The number of hydrogen-bond acceptors (Lipinski definition) is 4. The largest absolute Gasteiger partial charge is 0.457 e. The van der Waals surface area contributed by atoms with Crippen LogP contribution >= 0.6 is 11.6 Å². The number of benzene rings is 2. The monoisotopic (exact) mass is 340 g/mol. The highest BCUT2D eigenvalue weighted by Gasteiger charge is 2.27. The zero-order chi connectivity index (χ0) is 16.9. The van der Waals surface area contributed by atoms with Crippen LogP contribution in [0, 0.1) is 0 Å². The van der Waals surface area contributed by atoms with E-state index in [9.17, 15) is 9.59 Å². The number of ketones is 1. The van der Waals surface area contributed by atoms with Crippen LogP contribution in [-0.2, 0) is 4.74 Å². The fourth-order valence-corrected chi connectivity index (χ4v) is 2.35. The lowest BCUT2D eigenvalue weighted by atomic mass is 10.00. The van der Waals surface area contributed by atoms with Gasteiger partial charge in [0, 0.05) is 16.1 Å². The van der Waals surface area contributed by atoms with Gasteiger partial charge in [-0.05, 0) is 24.3 Å². The number of halogens is 1. The lowest BCUT2D eigenvalue weighted by Gasteiger charge is -2.17. The van der Waals surface area contributed by atoms with Crippen molar-refractivity contribution in [1.29, 1.82) is 0 Å². The molecule has 0 saturated carbocycles. The van der Waals surface area contributed by atoms with Gasteiger partial charge in [0.15, 0.2) is 6.10 Å². The maximum atomic E-state index is 12.8. The van der Waals surface area contributed by atoms with Gasteiger partial charge >= 0.3 is 5.97 Å². The summed E-state index contributed by atoms with van der Waals surface area (Å²) in [5.74, 6) is -0.989. The molecule has 0 N–H and O–H groups in total. The minimum atomic E-state index is -1.08. The van der Waals surface area contributed by atoms with Crippen molar-refractivity contribution in [2.75, 3.05) is 0 Å². The number of furan rings is 1. The molecule has 5 heteroatoms. The van der Waals surface area contributed by atoms with Gasteiger partial charge in [0.2, 0.25) is 11.5 Å². The first-order chi connectivity index (χ1) is 11.6. The fourth-order valence-electron chi connectivity index (χ4n) is 2.22. The number of carbonyl (C=O) groups is 2. The van der Waals surface area contributed by atoms with Gasteiger partial charge in [-0.2, -0.15) is 0 Å². The minimum absolute atomic E-state index is 0.0369. The van der Waals surface area contributed by atoms with Crippen molar-refractivity contribution in [1.82, 2.24) is 0 Å². The molecule has 0 unspecified atom stereocenters. The van der Waals surface area contributed by atoms with E-state index in [0.29, 0.717) is 16.1 Å². The molecule has 0 aliphatic carbocycles. The summed E-state index contributed by atoms with van der Waals surface area (Å²) in [6.07, 6.45) is 0.287. The van der Waals surface area contributed by atoms with Gasteiger partial charge in [-0.3, -0.25) is 4.79 Å². The van der Waals surface area contributed by atoms with E-state index in [2.05, 4.69) is 0 Å². The highest BCUT2D eigenvalue weighted by atomic mass is 35.5. The average Bonchev–Trinajstić information content (AvgIpc) is 3.15. The standard InChI is InChI=1S/C19H13ClO4/c20-15-10-8-14(9-11-15)18(17(21)13-5-2-1-3-6-13)24-19(22)16-7-4-12-23-16/h1-12,18H/t18-/m0/s1. The van der Waals surface area contributed by atoms with Gasteiger partial charge in [-0.15, -0.1) is 0 Å². The summed E-state index contributed by atoms with van der Waals surface area (Å²) in [6.45, 7) is 0. The maximum Gasteiger partial charge on any atom is 0.375 e. The third-order valence-corrected chi connectivity index (χ3v) is 3.67. The second-order valence-corrected chi connectivity index (χ2v) is 5.48. The van der Waals surface area contributed by atoms with Gasteiger partial charge < -0.3 is 9.15 Å². The number of Topliss-reactive ketones (excluding diaryl/α,β-unsaturated/α-hetero) is 1. The molecule has 0 saturated heterocycles. The lowest BCUT2D eigenvalue weighted by molar-refractivity contribution is 0.0250. The second kappa shape index (κ2) is 7.15. The average molecular weight is 341 g/mol. The molecule has 1 atom stereocenters. The van der Waals surface area contributed by atoms with Crippen LogP contribution in [0.1, 0.15) is 32.6 Å². The Balaban J connectivity index is 1.93. The van der Waals surface area contributed by atoms with Crippen molar-refractivity contribution in [3.63, 3.8) is 0 Å². The molecule has 24 heavy (non-hydrogen) atoms. The minimum Gasteiger partial charge on any atom is -0.457 e. The Hall–Kier alpha value is -2.85. The van der Waals surface area contributed by atoms with E-state index in [0.717, 1.165) is 0 Å². The van der Waals surface area contributed by atoms with E-state index in [4.69, 9.17) is 20.8 Å². The van der Waals surface area contributed by atoms with Gasteiger partial charge in [0.25, 0.3) is 0 Å². The van der Waals surface area contributed by atoms with Gasteiger partial charge in [0.1, 0.15) is 0 Å². The molecule has 2 aromatic carbocycles. The Labute approximate surface area is 143 Å². The first-order valence-electron chi connectivity index (χ1n) is 7.24. The summed E-state index contributed by atoms with van der Waals surface area (Å²) < 4.78 is 10.4. The van der Waals surface area contributed by atoms with Crippen molar-refractivity contribution in [3.8, 4) is 0 Å². The van der Waals surface area contributed by atoms with Crippen LogP contribution < -0.4 is 0 Å². The van der Waals surface area contributed by atoms with Gasteiger partial charge in [-0.1, -0.05) is 54.1 Å². The van der Waals surface area contributed by atoms with Crippen molar-refractivity contribution in [2.45, 2.75) is 6.10 Å². The van der Waals surface area contributed by atoms with Crippen LogP contribution in [0.4, 0.5) is 0 Å². The lowest BCUT2D eigenvalue weighted by Crippen LogP contribution is -2.20. The molecule has 4 nitrogen and oxygen atoms in total. The Bertz CT molecular complexity index is 824. The van der Waals surface area contributed by atoms with E-state index >= 15 is 0 Å². The Morgan fingerprint density at radius 3 is 2.25 bits per heavy atom. The van der Waals surface area contributed by atoms with Crippen LogP contribution in [0.2, 0.25) is 5.02 Å². The zero-order valence-corrected chi connectivity index (χ0v) is 13.3. The number of rotatable bonds is 5. The first kappa shape index (κ1) is 16.0. The third kappa shape index (κ3) is 3.55. The van der Waals surface area contributed by atoms with E-state index in [1.165, 1.54) is 12.3 Å². The van der Waals surface area contributed by atoms with E-state index < -0.39 is 12.1 Å². The number of esters is 1. The number of hydrogen-bond donors (Lipinski definition) is 0. The van der Waals surface area contributed by atoms with Crippen molar-refractivity contribution in [3.05, 3.63) is 94.9 Å². The molecule has 0 bridgehead atoms. The van der Waals surface area contributed by atoms with Gasteiger partial charge in [0.05, 0.1) is 6.26 Å². The molecule has 0 amide bonds. The predicted octanol–water partition coefficient (Wildman–Crippen LogP) is 4.71. The molecule has 0 aliphatic rings. The Kier molecular flexibility index (Phi) is 4.77. The highest BCUT2D eigenvalue weighted by Crippen LogP contribution is 2.25. The summed E-state index contributed by atoms with van der Waals surface area (Å²) in [5, 5.41) is 0.530. The topological polar surface area (TPSA) is 56.5 Å². The smallest absolute Gasteiger partial charge is 0.375 e. The molecular weight excluding hydrogens is 328 g/mol. The highest BCUT2D eigenvalue weighted by molar-refractivity contribution is 6.30. The maximum absolute atomic E-state index is 12.8. The first-order valence-corrected chi connectivity index (χ1v) is 7.62. The SMILES string of the molecule is O=C(O[C@H](C(=O)c1ccccc1)c1ccc(Cl)cc1)c1ccco1. The summed E-state index contributed by atoms with van der Waals surface area (Å²) in [5.41, 5.74) is 0.984. The molecule has 1 heterocycles. The molecule has 3 rings (SSSR count). The molecule has 0 aliphatic heterocycles. The second-order valence-electron chi connectivity index (χ2n) is 5.04. The van der Waals surface area contributed by atoms with Crippen LogP contribution in [0.3, 0.4) is 0 Å². The normalized spacial score (nSPS) is 11.7. The quantitative estimate of drug-likeness (QED) is 0.498. The molecular formula is C19H13ClO4. The molecule has 0 spiro atoms. The van der Waals surface area contributed by atoms with Gasteiger partial charge in [-0.25, -0.2) is 4.79 Å². The van der Waals surface area contributed by atoms with Crippen LogP contribution in [0.25, 0.3) is 0 Å². The van der Waals surface area contributed by atoms with E-state index in [1.807, 2.05) is 6.07 Å². The summed E-state index contributed by atoms with van der Waals surface area (Å²) in [6, 6.07) is 18.3. The van der Waals surface area contributed by atoms with Crippen molar-refractivity contribution < 1.29 is 18.7 Å². The molecule has 120 valence electrons. The Morgan fingerprint density at radius 1 is 0.917 bits per heavy atom. The van der Waals surface area contributed by atoms with Crippen LogP contribution in [-0.4, -0.2) is 11.8 Å². The number of carbonyl (C=O) groups excluding carboxylic acids is 2. The summed E-state index contributed by atoms with van der Waals surface area (Å²) in [4.78, 5) is 25.0. The molecule has 0 fully saturated rings. The summed E-state index contributed by atoms with van der Waals surface area (Å²) >= 11 is 5.89. The molecule has 0 radical (unpaired) electrons. The van der Waals surface area contributed by atoms with E-state index in [-0.39, 0.29) is 11.5 Å². The van der Waals surface area contributed by atoms with Crippen molar-refractivity contribution in [2.24, 2.45) is 0 Å². The molecule has 1 aromatic heterocycles. The van der Waals surface area contributed by atoms with Crippen molar-refractivity contribution >= 4 is 23.4 Å². The summed E-state index contributed by atoms with van der Waals surface area (Å²) in [7, 11) is 0. The van der Waals surface area contributed by atoms with E-state index in [1.54, 1.807) is 54.6 Å². The van der Waals surface area contributed by atoms with Crippen LogP contribution in [0.5, 0.6) is 0 Å². The third-order valence-electron chi connectivity index (χ3n) is 3.42. The molecule has 3 aromatic rings. The Morgan fingerprint density at radius 2 is 1.62 bits per heavy atom. The van der Waals surface area contributed by atoms with Crippen LogP contribution in [0.15, 0.2) is 77.4 Å². The fraction of sp³-hybridized carbons (Fsp3) is 0.0526. The number of ether oxygens (including phenoxy) is 1. The predicted molar refractivity (Wildman–Crippen MR) is 89.1 cm³/mol. The zero-order valence-electron chi connectivity index (χ0n) is 12.5.